The van der Waals surface area contributed by atoms with Gasteiger partial charge in [0.25, 0.3) is 5.91 Å². The van der Waals surface area contributed by atoms with Crippen molar-refractivity contribution in [1.82, 2.24) is 30.1 Å². The number of hydrogen-bond acceptors (Lipinski definition) is 12. The van der Waals surface area contributed by atoms with Crippen LogP contribution in [0.5, 0.6) is 17.2 Å². The Morgan fingerprint density at radius 2 is 1.85 bits per heavy atom. The number of hydrogen-bond donors (Lipinski definition) is 7. The highest BCUT2D eigenvalue weighted by molar-refractivity contribution is 7.89. The Labute approximate surface area is 299 Å². The number of halogens is 2. The van der Waals surface area contributed by atoms with Crippen molar-refractivity contribution in [2.45, 2.75) is 31.7 Å². The van der Waals surface area contributed by atoms with E-state index in [1.54, 1.807) is 6.07 Å². The minimum Gasteiger partial charge on any atom is -0.534 e. The highest BCUT2D eigenvalue weighted by Crippen LogP contribution is 2.37. The number of aromatic carboxylic acids is 1. The number of nitrogens with one attached hydrogen (secondary N) is 3. The van der Waals surface area contributed by atoms with Crippen molar-refractivity contribution in [3.8, 4) is 17.2 Å². The molecule has 1 fully saturated rings. The zero-order chi connectivity index (χ0) is 38.8. The van der Waals surface area contributed by atoms with Gasteiger partial charge in [-0.1, -0.05) is 6.07 Å². The third-order valence-electron chi connectivity index (χ3n) is 8.45. The van der Waals surface area contributed by atoms with Gasteiger partial charge in [-0.25, -0.2) is 40.8 Å². The van der Waals surface area contributed by atoms with Crippen molar-refractivity contribution in [3.05, 3.63) is 82.2 Å². The number of carbonyl (C=O) groups excluding carboxylic acids is 4. The third-order valence-corrected chi connectivity index (χ3v) is 10.3. The number of sulfonamides is 1. The molecule has 5 rings (SSSR count). The predicted octanol–water partition coefficient (Wildman–Crippen LogP) is 0.555. The fourth-order valence-electron chi connectivity index (χ4n) is 5.68. The van der Waals surface area contributed by atoms with Crippen LogP contribution >= 0.6 is 0 Å². The molecule has 0 aliphatic carbocycles. The molecule has 7 N–H and O–H groups in total. The summed E-state index contributed by atoms with van der Waals surface area (Å²) in [5, 5.41) is 47.3. The summed E-state index contributed by atoms with van der Waals surface area (Å²) in [7, 11) is -6.27. The molecule has 0 spiro atoms. The Hall–Kier alpha value is -6.03. The monoisotopic (exact) mass is 760 g/mol. The van der Waals surface area contributed by atoms with Crippen LogP contribution in [0.15, 0.2) is 42.7 Å². The molecule has 18 nitrogen and oxygen atoms in total. The summed E-state index contributed by atoms with van der Waals surface area (Å²) in [5.74, 6) is -10.5. The normalized spacial score (nSPS) is 16.0. The maximum atomic E-state index is 14.6. The summed E-state index contributed by atoms with van der Waals surface area (Å²) >= 11 is 0. The lowest BCUT2D eigenvalue weighted by molar-refractivity contribution is -0.123. The fourth-order valence-corrected chi connectivity index (χ4v) is 7.11. The number of carbonyl (C=O) groups is 5. The number of phenolic OH excluding ortho intramolecular Hbond substituents is 2. The van der Waals surface area contributed by atoms with Crippen LogP contribution in [0, 0.1) is 18.6 Å². The van der Waals surface area contributed by atoms with Crippen LogP contribution in [0.25, 0.3) is 0 Å². The zero-order valence-corrected chi connectivity index (χ0v) is 28.4. The Bertz CT molecular complexity index is 2090. The second-order valence-corrected chi connectivity index (χ2v) is 13.9. The molecule has 1 aromatic heterocycles. The summed E-state index contributed by atoms with van der Waals surface area (Å²) in [6, 6.07) is 1.10. The van der Waals surface area contributed by atoms with Gasteiger partial charge >= 0.3 is 25.1 Å². The second-order valence-electron chi connectivity index (χ2n) is 11.9. The van der Waals surface area contributed by atoms with Gasteiger partial charge in [0, 0.05) is 24.5 Å². The first-order chi connectivity index (χ1) is 25.0. The number of benzene rings is 2. The van der Waals surface area contributed by atoms with E-state index in [2.05, 4.69) is 20.9 Å². The Morgan fingerprint density at radius 1 is 1.11 bits per heavy atom. The highest BCUT2D eigenvalue weighted by atomic mass is 32.2. The molecule has 2 aliphatic rings. The lowest BCUT2D eigenvalue weighted by atomic mass is 9.72. The maximum absolute atomic E-state index is 14.6. The van der Waals surface area contributed by atoms with Crippen molar-refractivity contribution in [1.29, 1.82) is 0 Å². The molecule has 1 unspecified atom stereocenters. The highest BCUT2D eigenvalue weighted by Gasteiger charge is 2.43. The quantitative estimate of drug-likeness (QED) is 0.0801. The number of fused-ring (bicyclic) bond motifs is 1. The number of amides is 6. The molecule has 53 heavy (non-hydrogen) atoms. The summed E-state index contributed by atoms with van der Waals surface area (Å²) in [6.45, 7) is 0.153. The predicted molar refractivity (Wildman–Crippen MR) is 177 cm³/mol. The van der Waals surface area contributed by atoms with Crippen LogP contribution in [-0.2, 0) is 21.2 Å². The largest absolute Gasteiger partial charge is 0.547 e. The molecule has 1 saturated heterocycles. The van der Waals surface area contributed by atoms with Crippen LogP contribution in [0.1, 0.15) is 49.9 Å². The van der Waals surface area contributed by atoms with Crippen molar-refractivity contribution in [3.63, 3.8) is 0 Å². The minimum absolute atomic E-state index is 0.0735. The van der Waals surface area contributed by atoms with Gasteiger partial charge in [-0.05, 0) is 55.2 Å². The first kappa shape index (κ1) is 38.2. The fraction of sp³-hybridized carbons (Fsp3) is 0.290. The number of carboxylic acid groups (broad SMARTS) is 1. The van der Waals surface area contributed by atoms with E-state index >= 15 is 0 Å². The van der Waals surface area contributed by atoms with E-state index in [-0.39, 0.29) is 36.1 Å². The Kier molecular flexibility index (Phi) is 11.0. The van der Waals surface area contributed by atoms with Crippen LogP contribution in [-0.4, -0.2) is 111 Å². The summed E-state index contributed by atoms with van der Waals surface area (Å²) in [6.07, 6.45) is 2.37. The molecule has 0 radical (unpaired) electrons. The van der Waals surface area contributed by atoms with Crippen LogP contribution in [0.4, 0.5) is 18.4 Å². The van der Waals surface area contributed by atoms with Gasteiger partial charge in [0.2, 0.25) is 15.9 Å². The van der Waals surface area contributed by atoms with Gasteiger partial charge in [-0.15, -0.1) is 0 Å². The van der Waals surface area contributed by atoms with E-state index in [0.29, 0.717) is 15.3 Å². The van der Waals surface area contributed by atoms with E-state index in [0.717, 1.165) is 12.1 Å². The van der Waals surface area contributed by atoms with Crippen LogP contribution in [0.3, 0.4) is 0 Å². The minimum atomic E-state index is -4.31. The number of aromatic nitrogens is 1. The molecule has 22 heteroatoms. The smallest absolute Gasteiger partial charge is 0.534 e. The molecule has 2 aromatic carbocycles. The third kappa shape index (κ3) is 7.92. The summed E-state index contributed by atoms with van der Waals surface area (Å²) < 4.78 is 60.6. The standard InChI is InChI=1S/C31H31BF2N6O12S/c1-15-18(13-20(34)25(42)24(15)41)23(28(44)37-21-12-16-5-6-19(33)22(29(45)46)26(16)52-32(21)49)38-30(47)39-9-10-40(31(39)48)53(50,51)11-3-8-36-27(43)17-4-2-7-35-14-17/h2,4-7,13-14,21,23,41-42,49H,3,8-12H2,1H3,(H,36,43)(H,37,44)(H,38,47)(H,45,46)/t21-,23?/m0/s1. The average Bonchev–Trinajstić information content (AvgIpc) is 3.52. The number of pyridine rings is 1. The molecule has 0 bridgehead atoms. The zero-order valence-electron chi connectivity index (χ0n) is 27.6. The molecule has 3 aromatic rings. The lowest BCUT2D eigenvalue weighted by Gasteiger charge is -2.31. The van der Waals surface area contributed by atoms with E-state index in [9.17, 15) is 61.5 Å². The topological polar surface area (TPSA) is 265 Å². The number of phenols is 2. The Balaban J connectivity index is 1.31. The maximum Gasteiger partial charge on any atom is 0.547 e. The van der Waals surface area contributed by atoms with Crippen molar-refractivity contribution in [2.75, 3.05) is 25.4 Å². The van der Waals surface area contributed by atoms with E-state index < -0.39 is 118 Å². The van der Waals surface area contributed by atoms with Gasteiger partial charge in [-0.3, -0.25) is 14.6 Å². The number of urea groups is 2. The van der Waals surface area contributed by atoms with Crippen molar-refractivity contribution >= 4 is 47.0 Å². The molecule has 6 amide bonds. The Morgan fingerprint density at radius 3 is 2.53 bits per heavy atom. The van der Waals surface area contributed by atoms with Crippen molar-refractivity contribution in [2.24, 2.45) is 0 Å². The SMILES string of the molecule is Cc1c(C(NC(=O)N2CCN(S(=O)(=O)CCCNC(=O)c3cccnc3)C2=O)C(=O)N[C@H]2Cc3ccc(F)c(C(=O)O)c3OB2O)cc(F)c(O)c1O. The molecular weight excluding hydrogens is 729 g/mol. The van der Waals surface area contributed by atoms with E-state index in [1.165, 1.54) is 25.4 Å². The van der Waals surface area contributed by atoms with Crippen molar-refractivity contribution < 1.29 is 66.2 Å². The first-order valence-electron chi connectivity index (χ1n) is 15.7. The van der Waals surface area contributed by atoms with Gasteiger partial charge in [0.05, 0.1) is 30.3 Å². The molecule has 280 valence electrons. The average molecular weight is 760 g/mol. The summed E-state index contributed by atoms with van der Waals surface area (Å²) in [4.78, 5) is 68.5. The van der Waals surface area contributed by atoms with E-state index in [4.69, 9.17) is 4.65 Å². The van der Waals surface area contributed by atoms with Gasteiger partial charge in [0.1, 0.15) is 23.2 Å². The van der Waals surface area contributed by atoms with E-state index in [1.807, 2.05) is 0 Å². The molecule has 2 aliphatic heterocycles. The van der Waals surface area contributed by atoms with Crippen LogP contribution in [0.2, 0.25) is 0 Å². The number of nitrogens with zero attached hydrogens (tertiary/aromatic N) is 3. The van der Waals surface area contributed by atoms with Crippen LogP contribution < -0.4 is 20.6 Å². The van der Waals surface area contributed by atoms with Gasteiger partial charge < -0.3 is 40.9 Å². The number of imide groups is 1. The lowest BCUT2D eigenvalue weighted by Crippen LogP contribution is -2.56. The number of carboxylic acids is 1. The number of aromatic hydroxyl groups is 2. The number of rotatable bonds is 11. The summed E-state index contributed by atoms with van der Waals surface area (Å²) in [5.41, 5.74) is -1.25. The molecule has 3 heterocycles. The first-order valence-corrected chi connectivity index (χ1v) is 17.3. The molecular formula is C31H31BF2N6O12S. The van der Waals surface area contributed by atoms with Gasteiger partial charge in [-0.2, -0.15) is 0 Å². The second kappa shape index (κ2) is 15.3. The molecule has 2 atom stereocenters. The molecule has 0 saturated carbocycles. The van der Waals surface area contributed by atoms with Gasteiger partial charge in [0.15, 0.2) is 17.3 Å².